The van der Waals surface area contributed by atoms with E-state index in [-0.39, 0.29) is 11.3 Å². The van der Waals surface area contributed by atoms with Gasteiger partial charge in [0.05, 0.1) is 22.1 Å². The summed E-state index contributed by atoms with van der Waals surface area (Å²) in [4.78, 5) is 11.4. The van der Waals surface area contributed by atoms with E-state index in [1.165, 1.54) is 16.1 Å². The summed E-state index contributed by atoms with van der Waals surface area (Å²) in [7, 11) is -3.85. The monoisotopic (exact) mass is 343 g/mol. The van der Waals surface area contributed by atoms with Crippen molar-refractivity contribution in [1.82, 2.24) is 3.97 Å². The summed E-state index contributed by atoms with van der Waals surface area (Å²) < 4.78 is 27.4. The average molecular weight is 343 g/mol. The number of amides is 1. The van der Waals surface area contributed by atoms with E-state index < -0.39 is 22.0 Å². The summed E-state index contributed by atoms with van der Waals surface area (Å²) in [6.45, 7) is 0. The zero-order valence-electron chi connectivity index (χ0n) is 12.8. The SMILES string of the molecule is NC(=O)CC(N)c1cc2ccccc2n1S(=O)(=O)c1ccccc1. The first-order valence-electron chi connectivity index (χ1n) is 7.36. The molecule has 2 aromatic carbocycles. The molecule has 4 N–H and O–H groups in total. The van der Waals surface area contributed by atoms with Crippen LogP contribution in [0.25, 0.3) is 10.9 Å². The highest BCUT2D eigenvalue weighted by Crippen LogP contribution is 2.29. The molecule has 0 fully saturated rings. The molecule has 3 rings (SSSR count). The zero-order chi connectivity index (χ0) is 17.3. The lowest BCUT2D eigenvalue weighted by molar-refractivity contribution is -0.118. The van der Waals surface area contributed by atoms with Crippen LogP contribution in [0.3, 0.4) is 0 Å². The molecule has 0 aliphatic heterocycles. The fourth-order valence-electron chi connectivity index (χ4n) is 2.70. The fourth-order valence-corrected chi connectivity index (χ4v) is 4.30. The van der Waals surface area contributed by atoms with Crippen LogP contribution >= 0.6 is 0 Å². The maximum Gasteiger partial charge on any atom is 0.268 e. The van der Waals surface area contributed by atoms with Gasteiger partial charge >= 0.3 is 0 Å². The Labute approximate surface area is 139 Å². The first-order valence-corrected chi connectivity index (χ1v) is 8.80. The van der Waals surface area contributed by atoms with Gasteiger partial charge in [0.1, 0.15) is 0 Å². The van der Waals surface area contributed by atoms with E-state index in [9.17, 15) is 13.2 Å². The van der Waals surface area contributed by atoms with Crippen LogP contribution in [0.5, 0.6) is 0 Å². The minimum Gasteiger partial charge on any atom is -0.370 e. The molecular weight excluding hydrogens is 326 g/mol. The van der Waals surface area contributed by atoms with Crippen LogP contribution in [0.4, 0.5) is 0 Å². The number of aromatic nitrogens is 1. The summed E-state index contributed by atoms with van der Waals surface area (Å²) in [5, 5.41) is 0.729. The fraction of sp³-hybridized carbons (Fsp3) is 0.118. The van der Waals surface area contributed by atoms with E-state index in [4.69, 9.17) is 11.5 Å². The minimum absolute atomic E-state index is 0.138. The number of carbonyl (C=O) groups is 1. The summed E-state index contributed by atoms with van der Waals surface area (Å²) in [6, 6.07) is 16.0. The van der Waals surface area contributed by atoms with E-state index >= 15 is 0 Å². The van der Waals surface area contributed by atoms with Crippen LogP contribution in [-0.4, -0.2) is 18.3 Å². The Morgan fingerprint density at radius 3 is 2.33 bits per heavy atom. The Morgan fingerprint density at radius 2 is 1.67 bits per heavy atom. The third-order valence-electron chi connectivity index (χ3n) is 3.78. The van der Waals surface area contributed by atoms with Crippen LogP contribution in [0.2, 0.25) is 0 Å². The number of primary amides is 1. The molecule has 124 valence electrons. The lowest BCUT2D eigenvalue weighted by Crippen LogP contribution is -2.25. The number of rotatable bonds is 5. The van der Waals surface area contributed by atoms with Gasteiger partial charge in [0.15, 0.2) is 0 Å². The van der Waals surface area contributed by atoms with E-state index in [2.05, 4.69) is 0 Å². The van der Waals surface area contributed by atoms with Crippen molar-refractivity contribution in [2.45, 2.75) is 17.4 Å². The molecule has 1 atom stereocenters. The molecule has 0 saturated carbocycles. The normalized spacial score (nSPS) is 13.0. The highest BCUT2D eigenvalue weighted by molar-refractivity contribution is 7.90. The Kier molecular flexibility index (Phi) is 4.13. The van der Waals surface area contributed by atoms with Crippen LogP contribution < -0.4 is 11.5 Å². The van der Waals surface area contributed by atoms with Crippen molar-refractivity contribution in [2.75, 3.05) is 0 Å². The predicted octanol–water partition coefficient (Wildman–Crippen LogP) is 1.75. The molecule has 1 unspecified atom stereocenters. The number of hydrogen-bond donors (Lipinski definition) is 2. The molecule has 7 heteroatoms. The molecule has 1 heterocycles. The standard InChI is InChI=1S/C17H17N3O3S/c18-14(11-17(19)21)16-10-12-6-4-5-9-15(12)20(16)24(22,23)13-7-2-1-3-8-13/h1-10,14H,11,18H2,(H2,19,21). The second-order valence-corrected chi connectivity index (χ2v) is 7.27. The van der Waals surface area contributed by atoms with Crippen molar-refractivity contribution in [3.05, 3.63) is 66.4 Å². The van der Waals surface area contributed by atoms with Gasteiger partial charge in [-0.25, -0.2) is 12.4 Å². The van der Waals surface area contributed by atoms with Gasteiger partial charge in [-0.1, -0.05) is 36.4 Å². The molecule has 0 aliphatic carbocycles. The number of carbonyl (C=O) groups excluding carboxylic acids is 1. The summed E-state index contributed by atoms with van der Waals surface area (Å²) in [6.07, 6.45) is -0.138. The van der Waals surface area contributed by atoms with Gasteiger partial charge in [0.25, 0.3) is 10.0 Å². The quantitative estimate of drug-likeness (QED) is 0.735. The number of para-hydroxylation sites is 1. The van der Waals surface area contributed by atoms with Gasteiger partial charge in [0, 0.05) is 11.8 Å². The highest BCUT2D eigenvalue weighted by Gasteiger charge is 2.26. The number of fused-ring (bicyclic) bond motifs is 1. The summed E-state index contributed by atoms with van der Waals surface area (Å²) in [5.41, 5.74) is 12.1. The topological polar surface area (TPSA) is 108 Å². The molecule has 0 bridgehead atoms. The van der Waals surface area contributed by atoms with E-state index in [1.807, 2.05) is 6.07 Å². The van der Waals surface area contributed by atoms with Crippen molar-refractivity contribution >= 4 is 26.8 Å². The Bertz CT molecular complexity index is 994. The van der Waals surface area contributed by atoms with Crippen LogP contribution in [0, 0.1) is 0 Å². The predicted molar refractivity (Wildman–Crippen MR) is 91.7 cm³/mol. The third-order valence-corrected chi connectivity index (χ3v) is 5.53. The van der Waals surface area contributed by atoms with Crippen molar-refractivity contribution < 1.29 is 13.2 Å². The van der Waals surface area contributed by atoms with Crippen molar-refractivity contribution in [3.63, 3.8) is 0 Å². The van der Waals surface area contributed by atoms with Gasteiger partial charge in [-0.3, -0.25) is 4.79 Å². The van der Waals surface area contributed by atoms with Crippen LogP contribution in [0.15, 0.2) is 65.6 Å². The van der Waals surface area contributed by atoms with Gasteiger partial charge < -0.3 is 11.5 Å². The number of nitrogens with zero attached hydrogens (tertiary/aromatic N) is 1. The Balaban J connectivity index is 2.28. The maximum atomic E-state index is 13.1. The molecule has 24 heavy (non-hydrogen) atoms. The molecular formula is C17H17N3O3S. The molecule has 6 nitrogen and oxygen atoms in total. The first-order chi connectivity index (χ1) is 11.4. The van der Waals surface area contributed by atoms with Gasteiger partial charge in [0.2, 0.25) is 5.91 Å². The largest absolute Gasteiger partial charge is 0.370 e. The first kappa shape index (κ1) is 16.2. The summed E-state index contributed by atoms with van der Waals surface area (Å²) in [5.74, 6) is -0.587. The van der Waals surface area contributed by atoms with Crippen LogP contribution in [0.1, 0.15) is 18.2 Å². The van der Waals surface area contributed by atoms with Crippen LogP contribution in [-0.2, 0) is 14.8 Å². The van der Waals surface area contributed by atoms with E-state index in [0.717, 1.165) is 5.39 Å². The smallest absolute Gasteiger partial charge is 0.268 e. The average Bonchev–Trinajstić information content (AvgIpc) is 2.95. The molecule has 3 aromatic rings. The van der Waals surface area contributed by atoms with E-state index in [1.54, 1.807) is 42.5 Å². The van der Waals surface area contributed by atoms with Gasteiger partial charge in [-0.05, 0) is 24.3 Å². The molecule has 0 spiro atoms. The molecule has 1 amide bonds. The summed E-state index contributed by atoms with van der Waals surface area (Å²) >= 11 is 0. The minimum atomic E-state index is -3.85. The maximum absolute atomic E-state index is 13.1. The molecule has 0 saturated heterocycles. The zero-order valence-corrected chi connectivity index (χ0v) is 13.6. The van der Waals surface area contributed by atoms with Crippen molar-refractivity contribution in [1.29, 1.82) is 0 Å². The highest BCUT2D eigenvalue weighted by atomic mass is 32.2. The Morgan fingerprint density at radius 1 is 1.04 bits per heavy atom. The van der Waals surface area contributed by atoms with E-state index in [0.29, 0.717) is 11.2 Å². The molecule has 0 radical (unpaired) electrons. The Hall–Kier alpha value is -2.64. The molecule has 1 aromatic heterocycles. The van der Waals surface area contributed by atoms with Crippen molar-refractivity contribution in [3.8, 4) is 0 Å². The second kappa shape index (κ2) is 6.10. The molecule has 0 aliphatic rings. The number of hydrogen-bond acceptors (Lipinski definition) is 4. The second-order valence-electron chi connectivity index (χ2n) is 5.49. The van der Waals surface area contributed by atoms with Gasteiger partial charge in [-0.2, -0.15) is 0 Å². The third kappa shape index (κ3) is 2.79. The van der Waals surface area contributed by atoms with Crippen molar-refractivity contribution in [2.24, 2.45) is 11.5 Å². The lowest BCUT2D eigenvalue weighted by Gasteiger charge is -2.15. The van der Waals surface area contributed by atoms with Gasteiger partial charge in [-0.15, -0.1) is 0 Å². The number of benzene rings is 2. The lowest BCUT2D eigenvalue weighted by atomic mass is 10.1. The number of nitrogens with two attached hydrogens (primary N) is 2.